The van der Waals surface area contributed by atoms with Crippen LogP contribution in [0.1, 0.15) is 23.3 Å². The van der Waals surface area contributed by atoms with Crippen molar-refractivity contribution < 1.29 is 4.74 Å². The molecular formula is C14H19N3OS. The third kappa shape index (κ3) is 4.61. The van der Waals surface area contributed by atoms with E-state index in [2.05, 4.69) is 39.7 Å². The molecule has 0 saturated carbocycles. The Morgan fingerprint density at radius 1 is 1.37 bits per heavy atom. The molecule has 5 heteroatoms. The molecule has 2 heterocycles. The second-order valence-electron chi connectivity index (χ2n) is 4.22. The van der Waals surface area contributed by atoms with E-state index in [1.165, 1.54) is 4.88 Å². The van der Waals surface area contributed by atoms with E-state index in [1.54, 1.807) is 11.3 Å². The Kier molecular flexibility index (Phi) is 5.30. The van der Waals surface area contributed by atoms with Gasteiger partial charge in [0.1, 0.15) is 12.4 Å². The van der Waals surface area contributed by atoms with E-state index >= 15 is 0 Å². The molecule has 0 atom stereocenters. The summed E-state index contributed by atoms with van der Waals surface area (Å²) in [7, 11) is 0. The van der Waals surface area contributed by atoms with Gasteiger partial charge in [0, 0.05) is 29.6 Å². The molecule has 2 aromatic heterocycles. The van der Waals surface area contributed by atoms with Crippen LogP contribution in [0.25, 0.3) is 0 Å². The molecule has 2 rings (SSSR count). The predicted molar refractivity (Wildman–Crippen MR) is 78.6 cm³/mol. The van der Waals surface area contributed by atoms with Crippen LogP contribution >= 0.6 is 11.3 Å². The Morgan fingerprint density at radius 2 is 2.26 bits per heavy atom. The number of nitrogens with one attached hydrogen (secondary N) is 1. The SMILES string of the molecule is CCNc1cc(C)nc(COCCc2cccs2)n1. The standard InChI is InChI=1S/C14H19N3OS/c1-3-15-13-9-11(2)16-14(17-13)10-18-7-6-12-5-4-8-19-12/h4-5,8-9H,3,6-7,10H2,1-2H3,(H,15,16,17). The van der Waals surface area contributed by atoms with Crippen LogP contribution in [0.5, 0.6) is 0 Å². The van der Waals surface area contributed by atoms with Gasteiger partial charge in [-0.2, -0.15) is 0 Å². The molecular weight excluding hydrogens is 258 g/mol. The third-order valence-electron chi connectivity index (χ3n) is 2.56. The quantitative estimate of drug-likeness (QED) is 0.790. The molecule has 0 aromatic carbocycles. The van der Waals surface area contributed by atoms with Gasteiger partial charge in [-0.05, 0) is 25.3 Å². The highest BCUT2D eigenvalue weighted by molar-refractivity contribution is 7.09. The third-order valence-corrected chi connectivity index (χ3v) is 3.50. The largest absolute Gasteiger partial charge is 0.373 e. The van der Waals surface area contributed by atoms with Crippen molar-refractivity contribution in [3.63, 3.8) is 0 Å². The number of hydrogen-bond acceptors (Lipinski definition) is 5. The molecule has 102 valence electrons. The lowest BCUT2D eigenvalue weighted by Gasteiger charge is -2.07. The van der Waals surface area contributed by atoms with Crippen LogP contribution < -0.4 is 5.32 Å². The minimum Gasteiger partial charge on any atom is -0.373 e. The van der Waals surface area contributed by atoms with Gasteiger partial charge in [-0.3, -0.25) is 0 Å². The number of anilines is 1. The number of aromatic nitrogens is 2. The highest BCUT2D eigenvalue weighted by atomic mass is 32.1. The lowest BCUT2D eigenvalue weighted by molar-refractivity contribution is 0.118. The Hall–Kier alpha value is -1.46. The van der Waals surface area contributed by atoms with E-state index in [0.717, 1.165) is 30.3 Å². The van der Waals surface area contributed by atoms with Crippen LogP contribution in [0.2, 0.25) is 0 Å². The number of thiophene rings is 1. The van der Waals surface area contributed by atoms with Gasteiger partial charge in [0.2, 0.25) is 0 Å². The molecule has 0 unspecified atom stereocenters. The summed E-state index contributed by atoms with van der Waals surface area (Å²) in [6.45, 7) is 6.04. The summed E-state index contributed by atoms with van der Waals surface area (Å²) in [6, 6.07) is 6.13. The van der Waals surface area contributed by atoms with Gasteiger partial charge < -0.3 is 10.1 Å². The van der Waals surface area contributed by atoms with Gasteiger partial charge in [0.15, 0.2) is 5.82 Å². The van der Waals surface area contributed by atoms with Crippen molar-refractivity contribution in [2.45, 2.75) is 26.9 Å². The van der Waals surface area contributed by atoms with Crippen molar-refractivity contribution in [3.8, 4) is 0 Å². The second kappa shape index (κ2) is 7.21. The van der Waals surface area contributed by atoms with Crippen LogP contribution in [0.3, 0.4) is 0 Å². The predicted octanol–water partition coefficient (Wildman–Crippen LogP) is 3.04. The molecule has 0 aliphatic carbocycles. The van der Waals surface area contributed by atoms with Crippen LogP contribution in [-0.4, -0.2) is 23.1 Å². The summed E-state index contributed by atoms with van der Waals surface area (Å²) in [5, 5.41) is 5.28. The fourth-order valence-corrected chi connectivity index (χ4v) is 2.45. The summed E-state index contributed by atoms with van der Waals surface area (Å²) in [5.74, 6) is 1.61. The van der Waals surface area contributed by atoms with Gasteiger partial charge in [-0.25, -0.2) is 9.97 Å². The number of nitrogens with zero attached hydrogens (tertiary/aromatic N) is 2. The maximum Gasteiger partial charge on any atom is 0.156 e. The highest BCUT2D eigenvalue weighted by Crippen LogP contribution is 2.10. The van der Waals surface area contributed by atoms with Crippen molar-refractivity contribution in [2.24, 2.45) is 0 Å². The van der Waals surface area contributed by atoms with Crippen LogP contribution in [0.4, 0.5) is 5.82 Å². The molecule has 2 aromatic rings. The van der Waals surface area contributed by atoms with Crippen molar-refractivity contribution in [2.75, 3.05) is 18.5 Å². The average molecular weight is 277 g/mol. The van der Waals surface area contributed by atoms with E-state index in [1.807, 2.05) is 13.0 Å². The average Bonchev–Trinajstić information content (AvgIpc) is 2.87. The Labute approximate surface area is 117 Å². The monoisotopic (exact) mass is 277 g/mol. The number of aryl methyl sites for hydroxylation is 1. The first-order chi connectivity index (χ1) is 9.28. The second-order valence-corrected chi connectivity index (χ2v) is 5.26. The molecule has 0 aliphatic heterocycles. The molecule has 0 radical (unpaired) electrons. The summed E-state index contributed by atoms with van der Waals surface area (Å²) in [5.41, 5.74) is 0.961. The molecule has 0 spiro atoms. The van der Waals surface area contributed by atoms with Crippen molar-refractivity contribution in [1.29, 1.82) is 0 Å². The first-order valence-electron chi connectivity index (χ1n) is 6.46. The first-order valence-corrected chi connectivity index (χ1v) is 7.34. The van der Waals surface area contributed by atoms with Crippen LogP contribution in [0, 0.1) is 6.92 Å². The van der Waals surface area contributed by atoms with Crippen LogP contribution in [-0.2, 0) is 17.8 Å². The Bertz CT molecular complexity index is 499. The van der Waals surface area contributed by atoms with E-state index in [-0.39, 0.29) is 0 Å². The van der Waals surface area contributed by atoms with Crippen molar-refractivity contribution in [1.82, 2.24) is 9.97 Å². The summed E-state index contributed by atoms with van der Waals surface area (Å²) in [6.07, 6.45) is 0.948. The van der Waals surface area contributed by atoms with Gasteiger partial charge in [0.05, 0.1) is 6.61 Å². The number of hydrogen-bond donors (Lipinski definition) is 1. The first kappa shape index (κ1) is 14.0. The fourth-order valence-electron chi connectivity index (χ4n) is 1.76. The molecule has 0 saturated heterocycles. The summed E-state index contributed by atoms with van der Waals surface area (Å²) >= 11 is 1.76. The van der Waals surface area contributed by atoms with E-state index < -0.39 is 0 Å². The van der Waals surface area contributed by atoms with Gasteiger partial charge in [-0.1, -0.05) is 6.07 Å². The van der Waals surface area contributed by atoms with Gasteiger partial charge in [0.25, 0.3) is 0 Å². The molecule has 19 heavy (non-hydrogen) atoms. The topological polar surface area (TPSA) is 47.0 Å². The van der Waals surface area contributed by atoms with E-state index in [0.29, 0.717) is 13.2 Å². The molecule has 0 bridgehead atoms. The van der Waals surface area contributed by atoms with Crippen molar-refractivity contribution >= 4 is 17.2 Å². The lowest BCUT2D eigenvalue weighted by Crippen LogP contribution is -2.07. The molecule has 0 amide bonds. The molecule has 0 aliphatic rings. The Morgan fingerprint density at radius 3 is 3.00 bits per heavy atom. The normalized spacial score (nSPS) is 10.6. The van der Waals surface area contributed by atoms with Crippen LogP contribution in [0.15, 0.2) is 23.6 Å². The van der Waals surface area contributed by atoms with Gasteiger partial charge in [-0.15, -0.1) is 11.3 Å². The van der Waals surface area contributed by atoms with Gasteiger partial charge >= 0.3 is 0 Å². The zero-order valence-corrected chi connectivity index (χ0v) is 12.2. The van der Waals surface area contributed by atoms with Crippen molar-refractivity contribution in [3.05, 3.63) is 40.0 Å². The minimum atomic E-state index is 0.464. The summed E-state index contributed by atoms with van der Waals surface area (Å²) in [4.78, 5) is 10.1. The maximum atomic E-state index is 5.64. The highest BCUT2D eigenvalue weighted by Gasteiger charge is 2.02. The molecule has 4 nitrogen and oxygen atoms in total. The molecule has 0 fully saturated rings. The zero-order valence-electron chi connectivity index (χ0n) is 11.3. The number of ether oxygens (including phenoxy) is 1. The zero-order chi connectivity index (χ0) is 13.5. The molecule has 1 N–H and O–H groups in total. The minimum absolute atomic E-state index is 0.464. The Balaban J connectivity index is 1.81. The van der Waals surface area contributed by atoms with E-state index in [9.17, 15) is 0 Å². The van der Waals surface area contributed by atoms with E-state index in [4.69, 9.17) is 4.74 Å². The summed E-state index contributed by atoms with van der Waals surface area (Å²) < 4.78 is 5.64. The fraction of sp³-hybridized carbons (Fsp3) is 0.429. The smallest absolute Gasteiger partial charge is 0.156 e. The maximum absolute atomic E-state index is 5.64. The number of rotatable bonds is 7. The lowest BCUT2D eigenvalue weighted by atomic mass is 10.4.